The first-order chi connectivity index (χ1) is 42.6. The molecule has 0 N–H and O–H groups in total. The molecule has 0 aliphatic carbocycles. The van der Waals surface area contributed by atoms with Gasteiger partial charge in [-0.25, -0.2) is 33.7 Å². The van der Waals surface area contributed by atoms with E-state index >= 15 is 0 Å². The van der Waals surface area contributed by atoms with E-state index in [9.17, 15) is 8.78 Å². The summed E-state index contributed by atoms with van der Waals surface area (Å²) in [5.74, 6) is 4.90. The van der Waals surface area contributed by atoms with Gasteiger partial charge in [0, 0.05) is 127 Å². The number of anilines is 15. The van der Waals surface area contributed by atoms with Gasteiger partial charge in [-0.3, -0.25) is 0 Å². The van der Waals surface area contributed by atoms with E-state index in [1.165, 1.54) is 62.9 Å². The minimum atomic E-state index is -0.168. The molecule has 0 fully saturated rings. The molecule has 15 heterocycles. The number of aromatic nitrogens is 5. The fourth-order valence-corrected chi connectivity index (χ4v) is 14.8. The maximum Gasteiger partial charge on any atom is 0.158 e. The Bertz CT molecular complexity index is 3970. The molecular weight excluding hydrogens is 1090 g/mol. The number of hydrogen-bond acceptors (Lipinski definition) is 15. The molecule has 5 unspecified atom stereocenters. The van der Waals surface area contributed by atoms with Crippen molar-refractivity contribution in [2.75, 3.05) is 84.2 Å². The molecule has 0 bridgehead atoms. The third-order valence-electron chi connectivity index (χ3n) is 18.9. The molecule has 5 aromatic carbocycles. The molecule has 87 heavy (non-hydrogen) atoms. The summed E-state index contributed by atoms with van der Waals surface area (Å²) < 4.78 is 26.6. The van der Waals surface area contributed by atoms with E-state index in [2.05, 4.69) is 205 Å². The standard InChI is InChI=1S/2C14H12FN3.3C14H13N3/c1-17-13-8-9-7-10(15)4-5-11(9)18(13)12-3-2-6-16-14(12)17;1-17-12-3-2-6-16-14(12)18-11-5-4-10(15)7-9(11)8-13(17)18;1-16-13-9-10-5-2-3-6-11(10)17(13)12-7-4-8-15-14(12)16;2*1-16-12-7-4-8-15-14(12)17-11-6-3-2-5-10(11)9-13(16)17/h2*2-7,13H,8H2,1H3;3*2-8,13H,9H2,1H3. The van der Waals surface area contributed by atoms with E-state index in [-0.39, 0.29) is 24.0 Å². The van der Waals surface area contributed by atoms with Gasteiger partial charge in [0.15, 0.2) is 29.1 Å². The Morgan fingerprint density at radius 2 is 0.529 bits per heavy atom. The maximum absolute atomic E-state index is 13.3. The summed E-state index contributed by atoms with van der Waals surface area (Å²) in [4.78, 5) is 45.3. The van der Waals surface area contributed by atoms with Crippen molar-refractivity contribution in [1.29, 1.82) is 0 Å². The van der Waals surface area contributed by atoms with Crippen molar-refractivity contribution in [2.45, 2.75) is 62.9 Å². The van der Waals surface area contributed by atoms with E-state index < -0.39 is 0 Å². The summed E-state index contributed by atoms with van der Waals surface area (Å²) in [6, 6.07) is 56.4. The van der Waals surface area contributed by atoms with E-state index in [4.69, 9.17) is 0 Å². The average Bonchev–Trinajstić information content (AvgIpc) is 2.28. The molecule has 0 saturated heterocycles. The summed E-state index contributed by atoms with van der Waals surface area (Å²) in [7, 11) is 10.5. The SMILES string of the molecule is CN1c2cccnc2N2c3ccc(F)cc3CC12.CN1c2cccnc2N2c3ccccc3CC12.CN1c2cccnc2N2c3ccccc3CC12.CN1c2ncccc2N2c3ccc(F)cc3CC12.CN1c2ncccc2N2c3ccccc3CC12. The summed E-state index contributed by atoms with van der Waals surface area (Å²) in [6.07, 6.45) is 15.8. The molecular formula is C70H63F2N15. The number of benzene rings is 5. The molecule has 10 aromatic rings. The number of fused-ring (bicyclic) bond motifs is 25. The Kier molecular flexibility index (Phi) is 12.3. The summed E-state index contributed by atoms with van der Waals surface area (Å²) >= 11 is 0. The first-order valence-corrected chi connectivity index (χ1v) is 29.8. The summed E-state index contributed by atoms with van der Waals surface area (Å²) in [5, 5.41) is 0. The second kappa shape index (κ2) is 20.5. The van der Waals surface area contributed by atoms with E-state index in [1.54, 1.807) is 18.3 Å². The molecule has 0 radical (unpaired) electrons. The van der Waals surface area contributed by atoms with Crippen LogP contribution in [0.1, 0.15) is 27.8 Å². The third kappa shape index (κ3) is 8.22. The summed E-state index contributed by atoms with van der Waals surface area (Å²) in [5.41, 5.74) is 18.4. The molecule has 5 aromatic heterocycles. The van der Waals surface area contributed by atoms with Crippen LogP contribution < -0.4 is 49.0 Å². The fourth-order valence-electron chi connectivity index (χ4n) is 14.8. The van der Waals surface area contributed by atoms with Crippen LogP contribution in [-0.4, -0.2) is 91.0 Å². The zero-order valence-electron chi connectivity index (χ0n) is 48.9. The lowest BCUT2D eigenvalue weighted by molar-refractivity contribution is 0.625. The van der Waals surface area contributed by atoms with Crippen molar-refractivity contribution in [3.05, 3.63) is 240 Å². The molecule has 0 spiro atoms. The highest BCUT2D eigenvalue weighted by Gasteiger charge is 2.46. The lowest BCUT2D eigenvalue weighted by Gasteiger charge is -2.23. The van der Waals surface area contributed by atoms with Crippen LogP contribution in [0.5, 0.6) is 0 Å². The van der Waals surface area contributed by atoms with Crippen LogP contribution in [0.2, 0.25) is 0 Å². The van der Waals surface area contributed by atoms with Crippen molar-refractivity contribution in [2.24, 2.45) is 0 Å². The van der Waals surface area contributed by atoms with Crippen LogP contribution >= 0.6 is 0 Å². The van der Waals surface area contributed by atoms with E-state index in [1.807, 2.05) is 74.3 Å². The minimum absolute atomic E-state index is 0.163. The van der Waals surface area contributed by atoms with Gasteiger partial charge in [0.05, 0.1) is 28.4 Å². The minimum Gasteiger partial charge on any atom is -0.351 e. The van der Waals surface area contributed by atoms with Gasteiger partial charge in [-0.05, 0) is 143 Å². The third-order valence-corrected chi connectivity index (χ3v) is 18.9. The normalized spacial score (nSPS) is 20.0. The number of pyridine rings is 5. The van der Waals surface area contributed by atoms with Crippen LogP contribution in [0.25, 0.3) is 0 Å². The van der Waals surface area contributed by atoms with Crippen molar-refractivity contribution in [1.82, 2.24) is 24.9 Å². The Morgan fingerprint density at radius 1 is 0.264 bits per heavy atom. The Balaban J connectivity index is 0.0000000880. The molecule has 10 aliphatic rings. The summed E-state index contributed by atoms with van der Waals surface area (Å²) in [6.45, 7) is 0. The smallest absolute Gasteiger partial charge is 0.158 e. The van der Waals surface area contributed by atoms with Gasteiger partial charge in [0.25, 0.3) is 0 Å². The van der Waals surface area contributed by atoms with Gasteiger partial charge in [0.1, 0.15) is 42.5 Å². The fraction of sp³-hybridized carbons (Fsp3) is 0.214. The molecule has 0 saturated carbocycles. The zero-order valence-corrected chi connectivity index (χ0v) is 48.9. The van der Waals surface area contributed by atoms with E-state index in [0.29, 0.717) is 18.5 Å². The number of para-hydroxylation sites is 3. The zero-order chi connectivity index (χ0) is 58.8. The van der Waals surface area contributed by atoms with Gasteiger partial charge in [-0.2, -0.15) is 0 Å². The molecule has 5 atom stereocenters. The highest BCUT2D eigenvalue weighted by Crippen LogP contribution is 2.53. The Hall–Kier alpha value is -10.3. The monoisotopic (exact) mass is 1150 g/mol. The van der Waals surface area contributed by atoms with Crippen molar-refractivity contribution < 1.29 is 8.78 Å². The van der Waals surface area contributed by atoms with Gasteiger partial charge < -0.3 is 49.0 Å². The first-order valence-electron chi connectivity index (χ1n) is 29.8. The number of likely N-dealkylation sites (N-methyl/N-ethyl adjacent to an activating group) is 5. The average molecular weight is 1150 g/mol. The topological polar surface area (TPSA) is 96.8 Å². The molecule has 432 valence electrons. The second-order valence-electron chi connectivity index (χ2n) is 23.5. The Labute approximate surface area is 504 Å². The van der Waals surface area contributed by atoms with Gasteiger partial charge in [-0.15, -0.1) is 0 Å². The highest BCUT2D eigenvalue weighted by atomic mass is 19.1. The number of hydrogen-bond donors (Lipinski definition) is 0. The van der Waals surface area contributed by atoms with Crippen LogP contribution in [-0.2, 0) is 32.1 Å². The van der Waals surface area contributed by atoms with Gasteiger partial charge in [0.2, 0.25) is 0 Å². The van der Waals surface area contributed by atoms with Crippen molar-refractivity contribution >= 4 is 86.0 Å². The highest BCUT2D eigenvalue weighted by molar-refractivity contribution is 5.89. The van der Waals surface area contributed by atoms with Crippen molar-refractivity contribution in [3.63, 3.8) is 0 Å². The Morgan fingerprint density at radius 3 is 0.897 bits per heavy atom. The van der Waals surface area contributed by atoms with Gasteiger partial charge in [-0.1, -0.05) is 54.6 Å². The van der Waals surface area contributed by atoms with E-state index in [0.717, 1.165) is 95.1 Å². The number of nitrogens with zero attached hydrogens (tertiary/aromatic N) is 15. The molecule has 20 rings (SSSR count). The largest absolute Gasteiger partial charge is 0.351 e. The van der Waals surface area contributed by atoms with Crippen molar-refractivity contribution in [3.8, 4) is 0 Å². The van der Waals surface area contributed by atoms with Gasteiger partial charge >= 0.3 is 0 Å². The number of rotatable bonds is 0. The lowest BCUT2D eigenvalue weighted by atomic mass is 10.1. The molecule has 17 heteroatoms. The lowest BCUT2D eigenvalue weighted by Crippen LogP contribution is -2.36. The van der Waals surface area contributed by atoms with Crippen LogP contribution in [0.3, 0.4) is 0 Å². The predicted octanol–water partition coefficient (Wildman–Crippen LogP) is 13.0. The van der Waals surface area contributed by atoms with Crippen LogP contribution in [0.4, 0.5) is 94.7 Å². The quantitative estimate of drug-likeness (QED) is 0.144. The molecule has 15 nitrogen and oxygen atoms in total. The van der Waals surface area contributed by atoms with Crippen LogP contribution in [0.15, 0.2) is 201 Å². The maximum atomic E-state index is 13.3. The number of halogens is 2. The predicted molar refractivity (Wildman–Crippen MR) is 343 cm³/mol. The second-order valence-corrected chi connectivity index (χ2v) is 23.5. The first kappa shape index (κ1) is 52.3. The molecule has 10 aliphatic heterocycles. The molecule has 0 amide bonds. The van der Waals surface area contributed by atoms with Crippen LogP contribution in [0, 0.1) is 11.6 Å².